The number of primary amides is 1. The molecule has 12 heteroatoms. The van der Waals surface area contributed by atoms with Gasteiger partial charge in [0, 0.05) is 25.3 Å². The normalized spacial score (nSPS) is 24.2. The first-order valence-electron chi connectivity index (χ1n) is 9.85. The molecule has 0 bridgehead atoms. The molecule has 2 heterocycles. The van der Waals surface area contributed by atoms with E-state index in [9.17, 15) is 27.6 Å². The van der Waals surface area contributed by atoms with Crippen LogP contribution in [-0.2, 0) is 9.53 Å². The minimum Gasteiger partial charge on any atom is -0.474 e. The number of halogens is 3. The summed E-state index contributed by atoms with van der Waals surface area (Å²) >= 11 is 0. The largest absolute Gasteiger partial charge is 0.474 e. The molecule has 0 spiro atoms. The van der Waals surface area contributed by atoms with E-state index in [1.54, 1.807) is 6.07 Å². The first kappa shape index (κ1) is 22.8. The monoisotopic (exact) mass is 444 g/mol. The number of amides is 4. The van der Waals surface area contributed by atoms with Gasteiger partial charge in [-0.15, -0.1) is 0 Å². The third-order valence-corrected chi connectivity index (χ3v) is 5.19. The van der Waals surface area contributed by atoms with Gasteiger partial charge in [0.2, 0.25) is 5.88 Å². The zero-order valence-electron chi connectivity index (χ0n) is 16.6. The number of nitrogens with two attached hydrogens (primary N) is 1. The van der Waals surface area contributed by atoms with Gasteiger partial charge in [-0.3, -0.25) is 14.5 Å². The van der Waals surface area contributed by atoms with Gasteiger partial charge in [-0.25, -0.2) is 9.78 Å². The van der Waals surface area contributed by atoms with Crippen LogP contribution in [0, 0.1) is 0 Å². The van der Waals surface area contributed by atoms with Crippen molar-refractivity contribution >= 4 is 17.8 Å². The van der Waals surface area contributed by atoms with Gasteiger partial charge in [0.25, 0.3) is 11.8 Å². The molecule has 1 aliphatic heterocycles. The Morgan fingerprint density at radius 3 is 2.61 bits per heavy atom. The van der Waals surface area contributed by atoms with Crippen molar-refractivity contribution < 1.29 is 37.0 Å². The lowest BCUT2D eigenvalue weighted by Crippen LogP contribution is -2.44. The molecule has 31 heavy (non-hydrogen) atoms. The summed E-state index contributed by atoms with van der Waals surface area (Å²) in [4.78, 5) is 41.5. The topological polar surface area (TPSA) is 124 Å². The van der Waals surface area contributed by atoms with Crippen molar-refractivity contribution in [3.05, 3.63) is 23.9 Å². The van der Waals surface area contributed by atoms with Crippen LogP contribution in [0.2, 0.25) is 0 Å². The van der Waals surface area contributed by atoms with Crippen LogP contribution in [0.4, 0.5) is 18.0 Å². The van der Waals surface area contributed by atoms with Gasteiger partial charge in [-0.05, 0) is 37.8 Å². The molecule has 1 unspecified atom stereocenters. The summed E-state index contributed by atoms with van der Waals surface area (Å²) in [6, 6.07) is 1.29. The number of ether oxygens (including phenoxy) is 2. The Morgan fingerprint density at radius 1 is 1.26 bits per heavy atom. The second kappa shape index (κ2) is 9.50. The smallest absolute Gasteiger partial charge is 0.411 e. The van der Waals surface area contributed by atoms with Gasteiger partial charge in [0.05, 0.1) is 0 Å². The summed E-state index contributed by atoms with van der Waals surface area (Å²) < 4.78 is 46.7. The van der Waals surface area contributed by atoms with Crippen LogP contribution in [0.1, 0.15) is 42.5 Å². The molecule has 3 N–H and O–H groups in total. The van der Waals surface area contributed by atoms with Crippen molar-refractivity contribution in [2.75, 3.05) is 13.2 Å². The van der Waals surface area contributed by atoms with E-state index in [0.29, 0.717) is 25.7 Å². The highest BCUT2D eigenvalue weighted by Gasteiger charge is 2.43. The maximum absolute atomic E-state index is 12.6. The van der Waals surface area contributed by atoms with E-state index < -0.39 is 36.7 Å². The van der Waals surface area contributed by atoms with Gasteiger partial charge in [0.15, 0.2) is 0 Å². The minimum atomic E-state index is -4.44. The first-order valence-corrected chi connectivity index (χ1v) is 9.85. The highest BCUT2D eigenvalue weighted by molar-refractivity contribution is 6.04. The number of carbonyl (C=O) groups excluding carboxylic acids is 3. The van der Waals surface area contributed by atoms with Gasteiger partial charge < -0.3 is 20.5 Å². The molecular formula is C19H23F3N4O5. The van der Waals surface area contributed by atoms with Gasteiger partial charge in [-0.1, -0.05) is 0 Å². The predicted molar refractivity (Wildman–Crippen MR) is 100 cm³/mol. The van der Waals surface area contributed by atoms with E-state index in [4.69, 9.17) is 10.5 Å². The van der Waals surface area contributed by atoms with Crippen molar-refractivity contribution in [1.82, 2.24) is 15.2 Å². The Bertz CT molecular complexity index is 827. The maximum atomic E-state index is 12.6. The number of nitrogens with one attached hydrogen (secondary N) is 1. The van der Waals surface area contributed by atoms with E-state index >= 15 is 0 Å². The number of carbonyl (C=O) groups is 3. The number of alkyl halides is 3. The molecule has 1 saturated carbocycles. The highest BCUT2D eigenvalue weighted by Crippen LogP contribution is 2.29. The fourth-order valence-corrected chi connectivity index (χ4v) is 3.73. The molecule has 1 aromatic heterocycles. The SMILES string of the molecule is NC(=O)c1cccnc1O[C@H]1CC[C@H](N2C(=O)NC(CCOCC(F)(F)F)C2=O)CC1. The predicted octanol–water partition coefficient (Wildman–Crippen LogP) is 1.76. The summed E-state index contributed by atoms with van der Waals surface area (Å²) in [7, 11) is 0. The average molecular weight is 444 g/mol. The lowest BCUT2D eigenvalue weighted by molar-refractivity contribution is -0.174. The molecule has 9 nitrogen and oxygen atoms in total. The van der Waals surface area contributed by atoms with Crippen LogP contribution in [-0.4, -0.2) is 65.3 Å². The van der Waals surface area contributed by atoms with E-state index in [1.807, 2.05) is 0 Å². The molecule has 170 valence electrons. The lowest BCUT2D eigenvalue weighted by Gasteiger charge is -2.33. The molecule has 3 rings (SSSR count). The number of hydrogen-bond acceptors (Lipinski definition) is 6. The van der Waals surface area contributed by atoms with Crippen molar-refractivity contribution in [2.24, 2.45) is 5.73 Å². The molecule has 4 amide bonds. The van der Waals surface area contributed by atoms with Crippen LogP contribution in [0.25, 0.3) is 0 Å². The van der Waals surface area contributed by atoms with Crippen molar-refractivity contribution in [1.29, 1.82) is 0 Å². The van der Waals surface area contributed by atoms with Crippen molar-refractivity contribution in [2.45, 2.75) is 56.5 Å². The van der Waals surface area contributed by atoms with Crippen LogP contribution in [0.3, 0.4) is 0 Å². The lowest BCUT2D eigenvalue weighted by atomic mass is 9.91. The standard InChI is InChI=1S/C19H23F3N4O5/c20-19(21,22)10-30-9-7-14-17(28)26(18(29)25-14)11-3-5-12(6-4-11)31-16-13(15(23)27)2-1-8-24-16/h1-2,8,11-12,14H,3-7,9-10H2,(H2,23,27)(H,25,29)/t11-,12-,14?. The van der Waals surface area contributed by atoms with Crippen molar-refractivity contribution in [3.63, 3.8) is 0 Å². The van der Waals surface area contributed by atoms with Gasteiger partial charge >= 0.3 is 12.2 Å². The van der Waals surface area contributed by atoms with Crippen molar-refractivity contribution in [3.8, 4) is 5.88 Å². The summed E-state index contributed by atoms with van der Waals surface area (Å²) in [5.74, 6) is -0.973. The molecule has 0 aromatic carbocycles. The summed E-state index contributed by atoms with van der Waals surface area (Å²) in [5.41, 5.74) is 5.50. The molecule has 1 aliphatic carbocycles. The van der Waals surface area contributed by atoms with Gasteiger partial charge in [-0.2, -0.15) is 13.2 Å². The molecule has 0 radical (unpaired) electrons. The van der Waals surface area contributed by atoms with Crippen LogP contribution in [0.15, 0.2) is 18.3 Å². The Kier molecular flexibility index (Phi) is 6.98. The zero-order chi connectivity index (χ0) is 22.6. The third-order valence-electron chi connectivity index (χ3n) is 5.19. The molecule has 2 fully saturated rings. The fourth-order valence-electron chi connectivity index (χ4n) is 3.73. The Morgan fingerprint density at radius 2 is 1.97 bits per heavy atom. The number of pyridine rings is 1. The molecular weight excluding hydrogens is 421 g/mol. The summed E-state index contributed by atoms with van der Waals surface area (Å²) in [6.45, 7) is -1.69. The Labute approximate surface area is 176 Å². The summed E-state index contributed by atoms with van der Waals surface area (Å²) in [5, 5.41) is 2.50. The van der Waals surface area contributed by atoms with Crippen LogP contribution >= 0.6 is 0 Å². The fraction of sp³-hybridized carbons (Fsp3) is 0.579. The highest BCUT2D eigenvalue weighted by atomic mass is 19.4. The maximum Gasteiger partial charge on any atom is 0.411 e. The Hall–Kier alpha value is -2.89. The number of hydrogen-bond donors (Lipinski definition) is 2. The van der Waals surface area contributed by atoms with Crippen LogP contribution in [0.5, 0.6) is 5.88 Å². The van der Waals surface area contributed by atoms with E-state index in [2.05, 4.69) is 15.0 Å². The van der Waals surface area contributed by atoms with E-state index in [-0.39, 0.29) is 36.6 Å². The number of aromatic nitrogens is 1. The average Bonchev–Trinajstić information content (AvgIpc) is 2.99. The second-order valence-electron chi connectivity index (χ2n) is 7.44. The van der Waals surface area contributed by atoms with E-state index in [0.717, 1.165) is 4.90 Å². The quantitative estimate of drug-likeness (QED) is 0.465. The summed E-state index contributed by atoms with van der Waals surface area (Å²) in [6.07, 6.45) is -1.23. The number of urea groups is 1. The minimum absolute atomic E-state index is 0.0365. The molecule has 2 aliphatic rings. The zero-order valence-corrected chi connectivity index (χ0v) is 16.6. The molecule has 1 saturated heterocycles. The van der Waals surface area contributed by atoms with Gasteiger partial charge in [0.1, 0.15) is 24.3 Å². The number of imide groups is 1. The number of nitrogens with zero attached hydrogens (tertiary/aromatic N) is 2. The van der Waals surface area contributed by atoms with E-state index in [1.165, 1.54) is 12.3 Å². The first-order chi connectivity index (χ1) is 14.7. The Balaban J connectivity index is 1.50. The van der Waals surface area contributed by atoms with Crippen LogP contribution < -0.4 is 15.8 Å². The second-order valence-corrected chi connectivity index (χ2v) is 7.44. The number of rotatable bonds is 8. The third kappa shape index (κ3) is 5.84. The molecule has 1 atom stereocenters. The molecule has 1 aromatic rings.